The third-order valence-corrected chi connectivity index (χ3v) is 2.95. The van der Waals surface area contributed by atoms with Crippen LogP contribution in [0.25, 0.3) is 0 Å². The minimum atomic E-state index is -0.172. The summed E-state index contributed by atoms with van der Waals surface area (Å²) >= 11 is 0. The van der Waals surface area contributed by atoms with E-state index in [2.05, 4.69) is 15.6 Å². The number of nitrogens with one attached hydrogen (secondary N) is 1. The van der Waals surface area contributed by atoms with E-state index in [0.717, 1.165) is 32.4 Å². The monoisotopic (exact) mass is 210 g/mol. The molecule has 0 radical (unpaired) electrons. The highest BCUT2D eigenvalue weighted by molar-refractivity contribution is 4.80. The Morgan fingerprint density at radius 2 is 2.27 bits per heavy atom. The molecule has 15 heavy (non-hydrogen) atoms. The van der Waals surface area contributed by atoms with Crippen molar-refractivity contribution in [2.45, 2.75) is 44.4 Å². The van der Waals surface area contributed by atoms with Gasteiger partial charge >= 0.3 is 0 Å². The van der Waals surface area contributed by atoms with Crippen molar-refractivity contribution in [3.8, 4) is 0 Å². The Balaban J connectivity index is 1.68. The molecule has 0 unspecified atom stereocenters. The maximum absolute atomic E-state index is 9.73. The van der Waals surface area contributed by atoms with Crippen LogP contribution in [0, 0.1) is 0 Å². The van der Waals surface area contributed by atoms with Crippen molar-refractivity contribution in [1.29, 1.82) is 0 Å². The lowest BCUT2D eigenvalue weighted by Gasteiger charge is -2.28. The van der Waals surface area contributed by atoms with Gasteiger partial charge in [0.05, 0.1) is 18.8 Å². The van der Waals surface area contributed by atoms with Crippen molar-refractivity contribution in [3.05, 3.63) is 12.4 Å². The molecule has 0 amide bonds. The van der Waals surface area contributed by atoms with Gasteiger partial charge in [-0.3, -0.25) is 4.68 Å². The van der Waals surface area contributed by atoms with E-state index in [1.54, 1.807) is 10.9 Å². The van der Waals surface area contributed by atoms with Gasteiger partial charge in [0, 0.05) is 18.8 Å². The van der Waals surface area contributed by atoms with Crippen LogP contribution in [0.1, 0.15) is 25.7 Å². The van der Waals surface area contributed by atoms with Gasteiger partial charge < -0.3 is 10.4 Å². The Morgan fingerprint density at radius 3 is 3.00 bits per heavy atom. The summed E-state index contributed by atoms with van der Waals surface area (Å²) in [6.45, 7) is 1.65. The number of aliphatic hydroxyl groups excluding tert-OH is 1. The van der Waals surface area contributed by atoms with Crippen molar-refractivity contribution >= 4 is 0 Å². The summed E-state index contributed by atoms with van der Waals surface area (Å²) in [6, 6.07) is 0.266. The molecule has 1 aromatic rings. The van der Waals surface area contributed by atoms with Gasteiger partial charge in [0.25, 0.3) is 0 Å². The van der Waals surface area contributed by atoms with E-state index in [0.29, 0.717) is 0 Å². The molecule has 0 spiro atoms. The van der Waals surface area contributed by atoms with Crippen molar-refractivity contribution in [3.63, 3.8) is 0 Å². The molecule has 84 valence electrons. The largest absolute Gasteiger partial charge is 0.392 e. The Bertz CT molecular complexity index is 275. The smallest absolute Gasteiger partial charge is 0.0693 e. The zero-order chi connectivity index (χ0) is 10.5. The summed E-state index contributed by atoms with van der Waals surface area (Å²) in [4.78, 5) is 0. The van der Waals surface area contributed by atoms with E-state index in [4.69, 9.17) is 0 Å². The van der Waals surface area contributed by atoms with Crippen LogP contribution >= 0.6 is 0 Å². The molecule has 0 bridgehead atoms. The number of hydrogen-bond acceptors (Lipinski definition) is 4. The summed E-state index contributed by atoms with van der Waals surface area (Å²) < 4.78 is 1.79. The molecule has 0 aliphatic heterocycles. The summed E-state index contributed by atoms with van der Waals surface area (Å²) in [5.74, 6) is 0. The summed E-state index contributed by atoms with van der Waals surface area (Å²) in [5.41, 5.74) is 0. The van der Waals surface area contributed by atoms with E-state index in [-0.39, 0.29) is 12.1 Å². The first-order chi connectivity index (χ1) is 7.36. The molecule has 1 fully saturated rings. The van der Waals surface area contributed by atoms with Crippen LogP contribution in [-0.4, -0.2) is 38.8 Å². The van der Waals surface area contributed by atoms with E-state index < -0.39 is 0 Å². The molecule has 2 atom stereocenters. The van der Waals surface area contributed by atoms with Crippen LogP contribution in [0.15, 0.2) is 12.4 Å². The van der Waals surface area contributed by atoms with Crippen LogP contribution in [0.5, 0.6) is 0 Å². The SMILES string of the molecule is O[C@@H]1CCCC[C@H]1NCCn1ccnn1. The second-order valence-corrected chi connectivity index (χ2v) is 4.08. The van der Waals surface area contributed by atoms with Crippen LogP contribution < -0.4 is 5.32 Å². The van der Waals surface area contributed by atoms with Crippen molar-refractivity contribution in [2.24, 2.45) is 0 Å². The maximum Gasteiger partial charge on any atom is 0.0693 e. The topological polar surface area (TPSA) is 63.0 Å². The molecule has 5 nitrogen and oxygen atoms in total. The van der Waals surface area contributed by atoms with Crippen LogP contribution in [0.3, 0.4) is 0 Å². The van der Waals surface area contributed by atoms with Crippen LogP contribution in [0.4, 0.5) is 0 Å². The third kappa shape index (κ3) is 3.00. The number of aliphatic hydroxyl groups is 1. The molecule has 1 aromatic heterocycles. The number of aromatic nitrogens is 3. The van der Waals surface area contributed by atoms with Gasteiger partial charge in [0.1, 0.15) is 0 Å². The van der Waals surface area contributed by atoms with Crippen molar-refractivity contribution in [1.82, 2.24) is 20.3 Å². The lowest BCUT2D eigenvalue weighted by Crippen LogP contribution is -2.43. The highest BCUT2D eigenvalue weighted by atomic mass is 16.3. The second kappa shape index (κ2) is 5.23. The normalized spacial score (nSPS) is 26.7. The average molecular weight is 210 g/mol. The highest BCUT2D eigenvalue weighted by Crippen LogP contribution is 2.17. The van der Waals surface area contributed by atoms with Crippen LogP contribution in [0.2, 0.25) is 0 Å². The molecule has 1 aliphatic carbocycles. The molecule has 0 aromatic carbocycles. The van der Waals surface area contributed by atoms with Gasteiger partial charge in [0.2, 0.25) is 0 Å². The molecule has 1 saturated carbocycles. The summed E-state index contributed by atoms with van der Waals surface area (Å²) in [7, 11) is 0. The minimum absolute atomic E-state index is 0.172. The van der Waals surface area contributed by atoms with E-state index in [1.807, 2.05) is 6.20 Å². The van der Waals surface area contributed by atoms with Gasteiger partial charge in [-0.2, -0.15) is 0 Å². The first-order valence-corrected chi connectivity index (χ1v) is 5.62. The predicted octanol–water partition coefficient (Wildman–Crippen LogP) is 0.171. The van der Waals surface area contributed by atoms with Crippen LogP contribution in [-0.2, 0) is 6.54 Å². The Kier molecular flexibility index (Phi) is 3.69. The number of nitrogens with zero attached hydrogens (tertiary/aromatic N) is 3. The zero-order valence-corrected chi connectivity index (χ0v) is 8.84. The number of rotatable bonds is 4. The van der Waals surface area contributed by atoms with Gasteiger partial charge in [-0.1, -0.05) is 18.1 Å². The fourth-order valence-corrected chi connectivity index (χ4v) is 2.07. The molecule has 2 rings (SSSR count). The third-order valence-electron chi connectivity index (χ3n) is 2.95. The quantitative estimate of drug-likeness (QED) is 0.743. The lowest BCUT2D eigenvalue weighted by atomic mass is 9.93. The van der Waals surface area contributed by atoms with Crippen molar-refractivity contribution < 1.29 is 5.11 Å². The minimum Gasteiger partial charge on any atom is -0.392 e. The Labute approximate surface area is 89.5 Å². The molecule has 1 heterocycles. The average Bonchev–Trinajstić information content (AvgIpc) is 2.74. The van der Waals surface area contributed by atoms with E-state index in [1.165, 1.54) is 6.42 Å². The summed E-state index contributed by atoms with van der Waals surface area (Å²) in [6.07, 6.45) is 7.74. The summed E-state index contributed by atoms with van der Waals surface area (Å²) in [5, 5.41) is 20.7. The van der Waals surface area contributed by atoms with Crippen molar-refractivity contribution in [2.75, 3.05) is 6.54 Å². The fraction of sp³-hybridized carbons (Fsp3) is 0.800. The first kappa shape index (κ1) is 10.6. The fourth-order valence-electron chi connectivity index (χ4n) is 2.07. The van der Waals surface area contributed by atoms with Gasteiger partial charge in [0.15, 0.2) is 0 Å². The molecular weight excluding hydrogens is 192 g/mol. The maximum atomic E-state index is 9.73. The van der Waals surface area contributed by atoms with Gasteiger partial charge in [-0.25, -0.2) is 0 Å². The molecular formula is C10H18N4O. The molecule has 1 aliphatic rings. The highest BCUT2D eigenvalue weighted by Gasteiger charge is 2.21. The van der Waals surface area contributed by atoms with Gasteiger partial charge in [-0.05, 0) is 12.8 Å². The zero-order valence-electron chi connectivity index (χ0n) is 8.84. The standard InChI is InChI=1S/C10H18N4O/c15-10-4-2-1-3-9(10)11-5-7-14-8-6-12-13-14/h6,8-11,15H,1-5,7H2/t9-,10-/m1/s1. The number of hydrogen-bond donors (Lipinski definition) is 2. The predicted molar refractivity (Wildman–Crippen MR) is 56.3 cm³/mol. The lowest BCUT2D eigenvalue weighted by molar-refractivity contribution is 0.0905. The molecule has 0 saturated heterocycles. The molecule has 2 N–H and O–H groups in total. The Hall–Kier alpha value is -0.940. The molecule has 5 heteroatoms. The Morgan fingerprint density at radius 1 is 1.40 bits per heavy atom. The van der Waals surface area contributed by atoms with E-state index >= 15 is 0 Å². The van der Waals surface area contributed by atoms with Gasteiger partial charge in [-0.15, -0.1) is 5.10 Å². The van der Waals surface area contributed by atoms with E-state index in [9.17, 15) is 5.11 Å². The first-order valence-electron chi connectivity index (χ1n) is 5.62. The second-order valence-electron chi connectivity index (χ2n) is 4.08.